The van der Waals surface area contributed by atoms with Gasteiger partial charge in [0.05, 0.1) is 12.7 Å². The molecule has 0 atom stereocenters. The normalized spacial score (nSPS) is 10.9. The third kappa shape index (κ3) is 2.97. The Morgan fingerprint density at radius 2 is 2.04 bits per heavy atom. The Labute approximate surface area is 157 Å². The molecule has 0 unspecified atom stereocenters. The molecule has 4 rings (SSSR count). The summed E-state index contributed by atoms with van der Waals surface area (Å²) in [5, 5.41) is 12.3. The van der Waals surface area contributed by atoms with Gasteiger partial charge in [-0.25, -0.2) is 4.39 Å². The monoisotopic (exact) mass is 386 g/mol. The standard InChI is InChI=1S/C17H12ClFN6O2/c1-26-13-7-6-9(18)8-12(13)25-15(20)14(22-24-25)17-21-16(23-27-17)10-4-2-3-5-11(10)19/h2-8H,20H2,1H3. The summed E-state index contributed by atoms with van der Waals surface area (Å²) in [7, 11) is 1.51. The fourth-order valence-electron chi connectivity index (χ4n) is 2.52. The summed E-state index contributed by atoms with van der Waals surface area (Å²) in [6, 6.07) is 11.1. The number of benzene rings is 2. The average Bonchev–Trinajstić information content (AvgIpc) is 3.28. The van der Waals surface area contributed by atoms with E-state index < -0.39 is 5.82 Å². The zero-order chi connectivity index (χ0) is 19.0. The minimum absolute atomic E-state index is 0.0120. The van der Waals surface area contributed by atoms with Gasteiger partial charge >= 0.3 is 0 Å². The molecule has 10 heteroatoms. The second-order valence-electron chi connectivity index (χ2n) is 5.45. The fourth-order valence-corrected chi connectivity index (χ4v) is 2.69. The van der Waals surface area contributed by atoms with Crippen LogP contribution in [0.15, 0.2) is 47.0 Å². The van der Waals surface area contributed by atoms with E-state index in [0.717, 1.165) is 0 Å². The van der Waals surface area contributed by atoms with Crippen LogP contribution in [0.4, 0.5) is 10.2 Å². The quantitative estimate of drug-likeness (QED) is 0.573. The number of nitrogen functional groups attached to an aromatic ring is 1. The van der Waals surface area contributed by atoms with Crippen molar-refractivity contribution >= 4 is 17.4 Å². The molecule has 0 aliphatic rings. The van der Waals surface area contributed by atoms with E-state index in [4.69, 9.17) is 26.6 Å². The van der Waals surface area contributed by atoms with E-state index in [1.165, 1.54) is 17.9 Å². The number of nitrogens with zero attached hydrogens (tertiary/aromatic N) is 5. The summed E-state index contributed by atoms with van der Waals surface area (Å²) in [6.45, 7) is 0. The Kier molecular flexibility index (Phi) is 4.21. The molecule has 2 heterocycles. The summed E-state index contributed by atoms with van der Waals surface area (Å²) in [5.41, 5.74) is 7.01. The van der Waals surface area contributed by atoms with Crippen molar-refractivity contribution in [3.05, 3.63) is 53.3 Å². The fraction of sp³-hybridized carbons (Fsp3) is 0.0588. The summed E-state index contributed by atoms with van der Waals surface area (Å²) in [5.74, 6) is 0.264. The first-order valence-corrected chi connectivity index (χ1v) is 8.10. The molecule has 0 aliphatic heterocycles. The maximum absolute atomic E-state index is 13.9. The number of hydrogen-bond acceptors (Lipinski definition) is 7. The van der Waals surface area contributed by atoms with E-state index in [-0.39, 0.29) is 28.8 Å². The maximum atomic E-state index is 13.9. The molecular weight excluding hydrogens is 375 g/mol. The van der Waals surface area contributed by atoms with Gasteiger partial charge in [-0.2, -0.15) is 9.67 Å². The molecule has 0 amide bonds. The molecule has 0 bridgehead atoms. The summed E-state index contributed by atoms with van der Waals surface area (Å²) in [6.07, 6.45) is 0. The Bertz CT molecular complexity index is 1130. The van der Waals surface area contributed by atoms with Crippen molar-refractivity contribution in [1.82, 2.24) is 25.1 Å². The summed E-state index contributed by atoms with van der Waals surface area (Å²) in [4.78, 5) is 4.17. The second kappa shape index (κ2) is 6.69. The Hall–Kier alpha value is -3.46. The van der Waals surface area contributed by atoms with Gasteiger partial charge in [0.15, 0.2) is 11.5 Å². The lowest BCUT2D eigenvalue weighted by atomic mass is 10.2. The molecule has 0 radical (unpaired) electrons. The van der Waals surface area contributed by atoms with Crippen molar-refractivity contribution in [2.24, 2.45) is 0 Å². The number of ether oxygens (including phenoxy) is 1. The molecule has 8 nitrogen and oxygen atoms in total. The number of hydrogen-bond donors (Lipinski definition) is 1. The Morgan fingerprint density at radius 3 is 2.81 bits per heavy atom. The first-order chi connectivity index (χ1) is 13.1. The van der Waals surface area contributed by atoms with Crippen molar-refractivity contribution in [2.75, 3.05) is 12.8 Å². The summed E-state index contributed by atoms with van der Waals surface area (Å²) < 4.78 is 25.7. The highest BCUT2D eigenvalue weighted by Crippen LogP contribution is 2.31. The predicted molar refractivity (Wildman–Crippen MR) is 96.0 cm³/mol. The molecular formula is C17H12ClFN6O2. The lowest BCUT2D eigenvalue weighted by Gasteiger charge is -2.09. The van der Waals surface area contributed by atoms with Crippen molar-refractivity contribution in [2.45, 2.75) is 0 Å². The van der Waals surface area contributed by atoms with Crippen LogP contribution < -0.4 is 10.5 Å². The molecule has 0 aliphatic carbocycles. The van der Waals surface area contributed by atoms with Crippen LogP contribution in [0, 0.1) is 5.82 Å². The van der Waals surface area contributed by atoms with Crippen molar-refractivity contribution < 1.29 is 13.7 Å². The largest absolute Gasteiger partial charge is 0.494 e. The van der Waals surface area contributed by atoms with Gasteiger partial charge in [0.25, 0.3) is 5.89 Å². The lowest BCUT2D eigenvalue weighted by molar-refractivity contribution is 0.411. The van der Waals surface area contributed by atoms with Crippen LogP contribution in [0.25, 0.3) is 28.7 Å². The third-order valence-electron chi connectivity index (χ3n) is 3.82. The van der Waals surface area contributed by atoms with Gasteiger partial charge in [-0.15, -0.1) is 5.10 Å². The molecule has 0 spiro atoms. The average molecular weight is 387 g/mol. The first kappa shape index (κ1) is 17.0. The second-order valence-corrected chi connectivity index (χ2v) is 5.89. The number of halogens is 2. The highest BCUT2D eigenvalue weighted by molar-refractivity contribution is 6.30. The van der Waals surface area contributed by atoms with Gasteiger partial charge in [-0.3, -0.25) is 0 Å². The number of rotatable bonds is 4. The smallest absolute Gasteiger partial charge is 0.282 e. The molecule has 27 heavy (non-hydrogen) atoms. The van der Waals surface area contributed by atoms with Crippen LogP contribution in [-0.2, 0) is 0 Å². The zero-order valence-corrected chi connectivity index (χ0v) is 14.7. The first-order valence-electron chi connectivity index (χ1n) is 7.72. The van der Waals surface area contributed by atoms with E-state index >= 15 is 0 Å². The van der Waals surface area contributed by atoms with Gasteiger partial charge < -0.3 is 15.0 Å². The molecule has 4 aromatic rings. The molecule has 2 aromatic carbocycles. The number of methoxy groups -OCH3 is 1. The van der Waals surface area contributed by atoms with Gasteiger partial charge in [0.2, 0.25) is 5.82 Å². The molecule has 0 saturated carbocycles. The van der Waals surface area contributed by atoms with E-state index in [9.17, 15) is 4.39 Å². The van der Waals surface area contributed by atoms with Crippen molar-refractivity contribution in [3.8, 4) is 34.4 Å². The van der Waals surface area contributed by atoms with E-state index in [1.54, 1.807) is 36.4 Å². The molecule has 2 aromatic heterocycles. The lowest BCUT2D eigenvalue weighted by Crippen LogP contribution is -2.04. The predicted octanol–water partition coefficient (Wildman–Crippen LogP) is 3.37. The van der Waals surface area contributed by atoms with Crippen LogP contribution in [0.5, 0.6) is 5.75 Å². The van der Waals surface area contributed by atoms with E-state index in [2.05, 4.69) is 20.5 Å². The molecule has 0 saturated heterocycles. The van der Waals surface area contributed by atoms with Crippen molar-refractivity contribution in [3.63, 3.8) is 0 Å². The zero-order valence-electron chi connectivity index (χ0n) is 13.9. The molecule has 136 valence electrons. The number of anilines is 1. The SMILES string of the molecule is COc1ccc(Cl)cc1-n1nnc(-c2nc(-c3ccccc3F)no2)c1N. The summed E-state index contributed by atoms with van der Waals surface area (Å²) >= 11 is 6.05. The number of aromatic nitrogens is 5. The highest BCUT2D eigenvalue weighted by Gasteiger charge is 2.22. The van der Waals surface area contributed by atoms with Crippen LogP contribution >= 0.6 is 11.6 Å². The van der Waals surface area contributed by atoms with Crippen LogP contribution in [0.2, 0.25) is 5.02 Å². The topological polar surface area (TPSA) is 105 Å². The van der Waals surface area contributed by atoms with E-state index in [1.807, 2.05) is 0 Å². The minimum Gasteiger partial charge on any atom is -0.494 e. The number of nitrogens with two attached hydrogens (primary N) is 1. The molecule has 2 N–H and O–H groups in total. The Morgan fingerprint density at radius 1 is 1.22 bits per heavy atom. The van der Waals surface area contributed by atoms with Gasteiger partial charge in [-0.05, 0) is 30.3 Å². The molecule has 0 fully saturated rings. The van der Waals surface area contributed by atoms with Crippen LogP contribution in [0.1, 0.15) is 0 Å². The third-order valence-corrected chi connectivity index (χ3v) is 4.05. The highest BCUT2D eigenvalue weighted by atomic mass is 35.5. The maximum Gasteiger partial charge on any atom is 0.282 e. The van der Waals surface area contributed by atoms with Gasteiger partial charge in [0, 0.05) is 5.02 Å². The van der Waals surface area contributed by atoms with Crippen LogP contribution in [-0.4, -0.2) is 32.2 Å². The van der Waals surface area contributed by atoms with Gasteiger partial charge in [0.1, 0.15) is 17.3 Å². The van der Waals surface area contributed by atoms with E-state index in [0.29, 0.717) is 16.5 Å². The van der Waals surface area contributed by atoms with Crippen molar-refractivity contribution in [1.29, 1.82) is 0 Å². The van der Waals surface area contributed by atoms with Crippen LogP contribution in [0.3, 0.4) is 0 Å². The van der Waals surface area contributed by atoms with Gasteiger partial charge in [-0.1, -0.05) is 34.1 Å². The minimum atomic E-state index is -0.467. The Balaban J connectivity index is 1.76.